The first-order valence-electron chi connectivity index (χ1n) is 10.0. The first kappa shape index (κ1) is 20.8. The van der Waals surface area contributed by atoms with Gasteiger partial charge in [-0.15, -0.1) is 0 Å². The van der Waals surface area contributed by atoms with Crippen LogP contribution in [0.3, 0.4) is 0 Å². The number of carbonyl (C=O) groups excluding carboxylic acids is 1. The molecule has 5 heteroatoms. The maximum absolute atomic E-state index is 13.1. The molecule has 1 aliphatic carbocycles. The van der Waals surface area contributed by atoms with E-state index >= 15 is 0 Å². The highest BCUT2D eigenvalue weighted by atomic mass is 35.5. The Kier molecular flexibility index (Phi) is 5.77. The normalized spacial score (nSPS) is 14.3. The Morgan fingerprint density at radius 3 is 2.40 bits per heavy atom. The lowest BCUT2D eigenvalue weighted by Gasteiger charge is -2.17. The van der Waals surface area contributed by atoms with E-state index in [4.69, 9.17) is 27.9 Å². The number of hydrogen-bond donors (Lipinski definition) is 1. The van der Waals surface area contributed by atoms with E-state index in [2.05, 4.69) is 12.2 Å². The second-order valence-corrected chi connectivity index (χ2v) is 8.47. The van der Waals surface area contributed by atoms with Crippen molar-refractivity contribution in [1.82, 2.24) is 0 Å². The van der Waals surface area contributed by atoms with Gasteiger partial charge in [-0.05, 0) is 85.3 Å². The molecular weight excluding hydrogens is 417 g/mol. The summed E-state index contributed by atoms with van der Waals surface area (Å²) in [6.45, 7) is 4.67. The number of amides is 1. The molecule has 1 fully saturated rings. The van der Waals surface area contributed by atoms with Crippen LogP contribution in [0.1, 0.15) is 32.3 Å². The summed E-state index contributed by atoms with van der Waals surface area (Å²) in [7, 11) is 0. The van der Waals surface area contributed by atoms with Gasteiger partial charge in [0, 0.05) is 7.11 Å². The van der Waals surface area contributed by atoms with Gasteiger partial charge in [0.1, 0.15) is 5.75 Å². The van der Waals surface area contributed by atoms with Gasteiger partial charge in [-0.25, -0.2) is 0 Å². The molecule has 4 rings (SSSR count). The van der Waals surface area contributed by atoms with Gasteiger partial charge in [-0.3, -0.25) is 4.79 Å². The number of aryl methyl sites for hydroxylation is 1. The third-order valence-corrected chi connectivity index (χ3v) is 6.37. The number of anilines is 1. The summed E-state index contributed by atoms with van der Waals surface area (Å²) in [6.07, 6.45) is 1.60. The van der Waals surface area contributed by atoms with E-state index in [1.807, 2.05) is 55.5 Å². The number of benzene rings is 3. The molecule has 0 aliphatic heterocycles. The van der Waals surface area contributed by atoms with Gasteiger partial charge in [0.05, 0.1) is 22.1 Å². The number of hydrogen-bond acceptors (Lipinski definition) is 2. The molecule has 1 aliphatic rings. The molecular formula is C25H25Cl2NO2. The third-order valence-electron chi connectivity index (χ3n) is 5.63. The second-order valence-electron chi connectivity index (χ2n) is 7.65. The molecule has 3 nitrogen and oxygen atoms in total. The molecule has 0 saturated heterocycles. The van der Waals surface area contributed by atoms with Crippen LogP contribution in [0.15, 0.2) is 60.7 Å². The molecule has 1 amide bonds. The minimum absolute atomic E-state index is 0. The van der Waals surface area contributed by atoms with Gasteiger partial charge >= 0.3 is 0 Å². The summed E-state index contributed by atoms with van der Waals surface area (Å²) < 4.78 is 5.53. The highest BCUT2D eigenvalue weighted by Crippen LogP contribution is 2.50. The first-order chi connectivity index (χ1) is 14.4. The van der Waals surface area contributed by atoms with Crippen molar-refractivity contribution >= 4 is 34.8 Å². The lowest BCUT2D eigenvalue weighted by molar-refractivity contribution is -0.118. The molecule has 0 bridgehead atoms. The molecule has 1 saturated carbocycles. The summed E-state index contributed by atoms with van der Waals surface area (Å²) in [5.74, 6) is 0.836. The molecule has 0 unspecified atom stereocenters. The molecule has 0 heterocycles. The van der Waals surface area contributed by atoms with Crippen molar-refractivity contribution < 1.29 is 11.0 Å². The maximum atomic E-state index is 13.1. The van der Waals surface area contributed by atoms with Crippen molar-refractivity contribution in [1.29, 1.82) is 0 Å². The van der Waals surface area contributed by atoms with E-state index in [9.17, 15) is 4.79 Å². The van der Waals surface area contributed by atoms with Crippen LogP contribution in [0, 0.1) is 6.92 Å². The smallest absolute Gasteiger partial charge is 0.235 e. The molecule has 156 valence electrons. The number of ether oxygens (including phenoxy) is 1. The molecule has 0 spiro atoms. The molecule has 0 radical (unpaired) electrons. The summed E-state index contributed by atoms with van der Waals surface area (Å²) in [4.78, 5) is 13.1. The lowest BCUT2D eigenvalue weighted by atomic mass is 9.94. The van der Waals surface area contributed by atoms with Crippen LogP contribution in [0.4, 0.5) is 5.69 Å². The number of rotatable bonds is 6. The fourth-order valence-electron chi connectivity index (χ4n) is 3.72. The summed E-state index contributed by atoms with van der Waals surface area (Å²) in [5.41, 5.74) is 4.46. The first-order valence-corrected chi connectivity index (χ1v) is 10.8. The maximum Gasteiger partial charge on any atom is 0.235 e. The zero-order chi connectivity index (χ0) is 21.3. The molecule has 0 aromatic heterocycles. The zero-order valence-electron chi connectivity index (χ0n) is 17.0. The van der Waals surface area contributed by atoms with Crippen molar-refractivity contribution in [2.24, 2.45) is 0 Å². The SMILES string of the molecule is CCOc1ccc(-c2cc(NC(=O)C3(c4ccc(Cl)c(Cl)c4)CC3)ccc2C)cc1.[HH]. The Balaban J connectivity index is 0.00000272. The van der Waals surface area contributed by atoms with Gasteiger partial charge in [0.15, 0.2) is 0 Å². The van der Waals surface area contributed by atoms with Crippen LogP contribution in [-0.4, -0.2) is 12.5 Å². The minimum atomic E-state index is -0.529. The minimum Gasteiger partial charge on any atom is -0.494 e. The molecule has 30 heavy (non-hydrogen) atoms. The van der Waals surface area contributed by atoms with Crippen molar-refractivity contribution in [3.8, 4) is 16.9 Å². The monoisotopic (exact) mass is 441 g/mol. The quantitative estimate of drug-likeness (QED) is 0.436. The Hall–Kier alpha value is -2.49. The molecule has 3 aromatic rings. The predicted molar refractivity (Wildman–Crippen MR) is 126 cm³/mol. The fourth-order valence-corrected chi connectivity index (χ4v) is 4.02. The fraction of sp³-hybridized carbons (Fsp3) is 0.240. The van der Waals surface area contributed by atoms with E-state index in [1.54, 1.807) is 12.1 Å². The van der Waals surface area contributed by atoms with Crippen LogP contribution in [0.5, 0.6) is 5.75 Å². The number of nitrogens with one attached hydrogen (secondary N) is 1. The third kappa shape index (κ3) is 4.05. The Morgan fingerprint density at radius 1 is 1.03 bits per heavy atom. The molecule has 0 atom stereocenters. The van der Waals surface area contributed by atoms with Crippen LogP contribution in [0.2, 0.25) is 10.0 Å². The van der Waals surface area contributed by atoms with E-state index in [-0.39, 0.29) is 7.33 Å². The van der Waals surface area contributed by atoms with Crippen molar-refractivity contribution in [3.63, 3.8) is 0 Å². The van der Waals surface area contributed by atoms with Crippen LogP contribution in [0.25, 0.3) is 11.1 Å². The van der Waals surface area contributed by atoms with Crippen LogP contribution in [-0.2, 0) is 10.2 Å². The largest absolute Gasteiger partial charge is 0.494 e. The van der Waals surface area contributed by atoms with E-state index < -0.39 is 5.41 Å². The Bertz CT molecular complexity index is 1100. The van der Waals surface area contributed by atoms with E-state index in [0.29, 0.717) is 16.7 Å². The highest BCUT2D eigenvalue weighted by molar-refractivity contribution is 6.42. The zero-order valence-corrected chi connectivity index (χ0v) is 18.5. The van der Waals surface area contributed by atoms with Crippen LogP contribution >= 0.6 is 23.2 Å². The average Bonchev–Trinajstić information content (AvgIpc) is 3.54. The van der Waals surface area contributed by atoms with E-state index in [0.717, 1.165) is 46.5 Å². The molecule has 1 N–H and O–H groups in total. The topological polar surface area (TPSA) is 38.3 Å². The molecule has 3 aromatic carbocycles. The van der Waals surface area contributed by atoms with Crippen molar-refractivity contribution in [3.05, 3.63) is 81.8 Å². The standard InChI is InChI=1S/C25H23Cl2NO2.H2/c1-3-30-20-9-5-17(6-10-20)21-15-19(8-4-16(21)2)28-24(29)25(12-13-25)18-7-11-22(26)23(27)14-18;/h4-11,14-15H,3,12-13H2,1-2H3,(H,28,29);1H. The number of halogens is 2. The Morgan fingerprint density at radius 2 is 1.77 bits per heavy atom. The summed E-state index contributed by atoms with van der Waals surface area (Å²) in [6, 6.07) is 19.4. The van der Waals surface area contributed by atoms with E-state index in [1.165, 1.54) is 0 Å². The highest BCUT2D eigenvalue weighted by Gasteiger charge is 2.51. The van der Waals surface area contributed by atoms with Crippen molar-refractivity contribution in [2.45, 2.75) is 32.1 Å². The summed E-state index contributed by atoms with van der Waals surface area (Å²) >= 11 is 12.2. The predicted octanol–water partition coefficient (Wildman–Crippen LogP) is 7.28. The lowest BCUT2D eigenvalue weighted by Crippen LogP contribution is -2.27. The summed E-state index contributed by atoms with van der Waals surface area (Å²) in [5, 5.41) is 4.08. The Labute approximate surface area is 188 Å². The van der Waals surface area contributed by atoms with Gasteiger partial charge in [-0.2, -0.15) is 0 Å². The van der Waals surface area contributed by atoms with Crippen molar-refractivity contribution in [2.75, 3.05) is 11.9 Å². The van der Waals surface area contributed by atoms with Crippen LogP contribution < -0.4 is 10.1 Å². The second kappa shape index (κ2) is 8.33. The van der Waals surface area contributed by atoms with Gasteiger partial charge in [0.2, 0.25) is 5.91 Å². The number of carbonyl (C=O) groups is 1. The van der Waals surface area contributed by atoms with Gasteiger partial charge in [0.25, 0.3) is 0 Å². The van der Waals surface area contributed by atoms with Gasteiger partial charge < -0.3 is 10.1 Å². The van der Waals surface area contributed by atoms with Gasteiger partial charge in [-0.1, -0.05) is 47.5 Å². The average molecular weight is 442 g/mol.